The van der Waals surface area contributed by atoms with Crippen molar-refractivity contribution in [2.24, 2.45) is 0 Å². The highest BCUT2D eigenvalue weighted by molar-refractivity contribution is 5.56. The van der Waals surface area contributed by atoms with Gasteiger partial charge in [0.15, 0.2) is 0 Å². The molecule has 0 amide bonds. The Kier molecular flexibility index (Phi) is 5.06. The second-order valence-electron chi connectivity index (χ2n) is 4.22. The second-order valence-corrected chi connectivity index (χ2v) is 4.22. The van der Waals surface area contributed by atoms with Crippen LogP contribution in [0.3, 0.4) is 0 Å². The number of hydrogen-bond acceptors (Lipinski definition) is 5. The highest BCUT2D eigenvalue weighted by atomic mass is 16.6. The SMILES string of the molecule is COCC(O)CN(C)c1ccc([N+](=O)[O-])cc1C. The maximum absolute atomic E-state index is 10.6. The number of ether oxygens (including phenoxy) is 1. The topological polar surface area (TPSA) is 75.8 Å². The van der Waals surface area contributed by atoms with Gasteiger partial charge in [0.1, 0.15) is 0 Å². The maximum atomic E-state index is 10.6. The predicted molar refractivity (Wildman–Crippen MR) is 69.0 cm³/mol. The lowest BCUT2D eigenvalue weighted by Gasteiger charge is -2.23. The molecule has 0 saturated heterocycles. The van der Waals surface area contributed by atoms with E-state index in [0.717, 1.165) is 11.3 Å². The van der Waals surface area contributed by atoms with E-state index in [0.29, 0.717) is 6.54 Å². The highest BCUT2D eigenvalue weighted by Gasteiger charge is 2.13. The lowest BCUT2D eigenvalue weighted by molar-refractivity contribution is -0.384. The molecule has 0 radical (unpaired) electrons. The zero-order valence-electron chi connectivity index (χ0n) is 10.8. The van der Waals surface area contributed by atoms with Crippen molar-refractivity contribution in [3.8, 4) is 0 Å². The van der Waals surface area contributed by atoms with Crippen LogP contribution in [0.25, 0.3) is 0 Å². The van der Waals surface area contributed by atoms with Gasteiger partial charge in [-0.3, -0.25) is 10.1 Å². The number of non-ortho nitro benzene ring substituents is 1. The number of methoxy groups -OCH3 is 1. The molecule has 0 aliphatic heterocycles. The molecule has 1 N–H and O–H groups in total. The first-order chi connectivity index (χ1) is 8.45. The normalized spacial score (nSPS) is 12.2. The van der Waals surface area contributed by atoms with Gasteiger partial charge in [0, 0.05) is 38.5 Å². The summed E-state index contributed by atoms with van der Waals surface area (Å²) in [5, 5.41) is 20.3. The van der Waals surface area contributed by atoms with Crippen molar-refractivity contribution in [1.82, 2.24) is 0 Å². The summed E-state index contributed by atoms with van der Waals surface area (Å²) in [7, 11) is 3.35. The van der Waals surface area contributed by atoms with E-state index < -0.39 is 11.0 Å². The van der Waals surface area contributed by atoms with Gasteiger partial charge < -0.3 is 14.7 Å². The molecule has 1 aromatic rings. The van der Waals surface area contributed by atoms with E-state index in [4.69, 9.17) is 4.74 Å². The van der Waals surface area contributed by atoms with Crippen molar-refractivity contribution in [3.05, 3.63) is 33.9 Å². The van der Waals surface area contributed by atoms with Gasteiger partial charge in [0.25, 0.3) is 5.69 Å². The van der Waals surface area contributed by atoms with Crippen LogP contribution < -0.4 is 4.90 Å². The molecular formula is C12H18N2O4. The van der Waals surface area contributed by atoms with Crippen molar-refractivity contribution in [3.63, 3.8) is 0 Å². The fourth-order valence-electron chi connectivity index (χ4n) is 1.84. The summed E-state index contributed by atoms with van der Waals surface area (Å²) in [6.07, 6.45) is -0.588. The van der Waals surface area contributed by atoms with Crippen molar-refractivity contribution < 1.29 is 14.8 Å². The molecule has 1 rings (SSSR count). The Hall–Kier alpha value is -1.66. The first-order valence-corrected chi connectivity index (χ1v) is 5.59. The Balaban J connectivity index is 2.80. The second kappa shape index (κ2) is 6.32. The third-order valence-corrected chi connectivity index (χ3v) is 2.65. The molecule has 0 spiro atoms. The molecule has 6 heteroatoms. The van der Waals surface area contributed by atoms with Crippen LogP contribution in [0.4, 0.5) is 11.4 Å². The minimum atomic E-state index is -0.588. The van der Waals surface area contributed by atoms with Gasteiger partial charge in [0.2, 0.25) is 0 Å². The summed E-state index contributed by atoms with van der Waals surface area (Å²) in [5.74, 6) is 0. The minimum Gasteiger partial charge on any atom is -0.389 e. The summed E-state index contributed by atoms with van der Waals surface area (Å²) >= 11 is 0. The Morgan fingerprint density at radius 1 is 1.56 bits per heavy atom. The molecule has 1 atom stereocenters. The van der Waals surface area contributed by atoms with Gasteiger partial charge in [-0.2, -0.15) is 0 Å². The van der Waals surface area contributed by atoms with E-state index in [1.165, 1.54) is 19.2 Å². The van der Waals surface area contributed by atoms with Gasteiger partial charge >= 0.3 is 0 Å². The lowest BCUT2D eigenvalue weighted by Crippen LogP contribution is -2.32. The number of aliphatic hydroxyl groups excluding tert-OH is 1. The Morgan fingerprint density at radius 3 is 2.72 bits per heavy atom. The summed E-state index contributed by atoms with van der Waals surface area (Å²) in [6.45, 7) is 2.48. The molecule has 6 nitrogen and oxygen atoms in total. The van der Waals surface area contributed by atoms with Crippen LogP contribution in [0.15, 0.2) is 18.2 Å². The Morgan fingerprint density at radius 2 is 2.22 bits per heavy atom. The summed E-state index contributed by atoms with van der Waals surface area (Å²) in [6, 6.07) is 4.67. The van der Waals surface area contributed by atoms with Crippen molar-refractivity contribution >= 4 is 11.4 Å². The van der Waals surface area contributed by atoms with Crippen LogP contribution in [-0.4, -0.2) is 43.4 Å². The molecule has 0 aromatic heterocycles. The molecule has 0 fully saturated rings. The number of aliphatic hydroxyl groups is 1. The average Bonchev–Trinajstić information content (AvgIpc) is 2.28. The van der Waals surface area contributed by atoms with Crippen LogP contribution in [0.5, 0.6) is 0 Å². The van der Waals surface area contributed by atoms with Gasteiger partial charge in [-0.1, -0.05) is 0 Å². The van der Waals surface area contributed by atoms with Crippen molar-refractivity contribution in [2.45, 2.75) is 13.0 Å². The number of nitrogens with zero attached hydrogens (tertiary/aromatic N) is 2. The maximum Gasteiger partial charge on any atom is 0.269 e. The third kappa shape index (κ3) is 3.68. The van der Waals surface area contributed by atoms with Crippen LogP contribution in [0.1, 0.15) is 5.56 Å². The molecule has 1 unspecified atom stereocenters. The van der Waals surface area contributed by atoms with Gasteiger partial charge in [-0.25, -0.2) is 0 Å². The van der Waals surface area contributed by atoms with E-state index in [-0.39, 0.29) is 12.3 Å². The Labute approximate surface area is 106 Å². The number of anilines is 1. The first kappa shape index (κ1) is 14.4. The number of benzene rings is 1. The molecule has 0 aliphatic carbocycles. The predicted octanol–water partition coefficient (Wildman–Crippen LogP) is 1.35. The summed E-state index contributed by atoms with van der Waals surface area (Å²) in [4.78, 5) is 12.1. The zero-order chi connectivity index (χ0) is 13.7. The van der Waals surface area contributed by atoms with E-state index in [9.17, 15) is 15.2 Å². The number of likely N-dealkylation sites (N-methyl/N-ethyl adjacent to an activating group) is 1. The molecule has 0 aliphatic rings. The van der Waals surface area contributed by atoms with Crippen LogP contribution >= 0.6 is 0 Å². The molecule has 1 aromatic carbocycles. The third-order valence-electron chi connectivity index (χ3n) is 2.65. The standard InChI is InChI=1S/C12H18N2O4/c1-9-6-10(14(16)17)4-5-12(9)13(2)7-11(15)8-18-3/h4-6,11,15H,7-8H2,1-3H3. The molecule has 100 valence electrons. The summed E-state index contributed by atoms with van der Waals surface area (Å²) in [5.41, 5.74) is 1.73. The van der Waals surface area contributed by atoms with Crippen LogP contribution in [-0.2, 0) is 4.74 Å². The fraction of sp³-hybridized carbons (Fsp3) is 0.500. The Bertz CT molecular complexity index is 423. The minimum absolute atomic E-state index is 0.0714. The molecular weight excluding hydrogens is 236 g/mol. The fourth-order valence-corrected chi connectivity index (χ4v) is 1.84. The van der Waals surface area contributed by atoms with Gasteiger partial charge in [0.05, 0.1) is 17.6 Å². The smallest absolute Gasteiger partial charge is 0.269 e. The van der Waals surface area contributed by atoms with E-state index >= 15 is 0 Å². The number of hydrogen-bond donors (Lipinski definition) is 1. The largest absolute Gasteiger partial charge is 0.389 e. The summed E-state index contributed by atoms with van der Waals surface area (Å²) < 4.78 is 4.86. The number of nitro benzene ring substituents is 1. The first-order valence-electron chi connectivity index (χ1n) is 5.59. The molecule has 0 bridgehead atoms. The quantitative estimate of drug-likeness (QED) is 0.612. The van der Waals surface area contributed by atoms with E-state index in [1.54, 1.807) is 6.07 Å². The number of rotatable bonds is 6. The van der Waals surface area contributed by atoms with Crippen LogP contribution in [0, 0.1) is 17.0 Å². The van der Waals surface area contributed by atoms with Crippen molar-refractivity contribution in [2.75, 3.05) is 32.2 Å². The zero-order valence-corrected chi connectivity index (χ0v) is 10.8. The molecule has 0 saturated carbocycles. The molecule has 18 heavy (non-hydrogen) atoms. The number of aryl methyl sites for hydroxylation is 1. The number of nitro groups is 1. The lowest BCUT2D eigenvalue weighted by atomic mass is 10.1. The van der Waals surface area contributed by atoms with Gasteiger partial charge in [-0.05, 0) is 18.6 Å². The van der Waals surface area contributed by atoms with Gasteiger partial charge in [-0.15, -0.1) is 0 Å². The molecule has 0 heterocycles. The average molecular weight is 254 g/mol. The van der Waals surface area contributed by atoms with E-state index in [1.807, 2.05) is 18.9 Å². The monoisotopic (exact) mass is 254 g/mol. The van der Waals surface area contributed by atoms with Crippen LogP contribution in [0.2, 0.25) is 0 Å². The van der Waals surface area contributed by atoms with Crippen molar-refractivity contribution in [1.29, 1.82) is 0 Å². The van der Waals surface area contributed by atoms with E-state index in [2.05, 4.69) is 0 Å². The highest BCUT2D eigenvalue weighted by Crippen LogP contribution is 2.23.